The molecule has 0 aliphatic rings. The standard InChI is InChI=1S/C14H23N3O3/c1-6-10-8-11(17(7-2)16-10)13(18)15-12(9(3)4)14(19)20-5/h8-9,12H,6-7H2,1-5H3,(H,15,18). The van der Waals surface area contributed by atoms with Crippen LogP contribution in [0.15, 0.2) is 6.07 Å². The molecule has 0 bridgehead atoms. The molecule has 0 spiro atoms. The summed E-state index contributed by atoms with van der Waals surface area (Å²) in [6.07, 6.45) is 0.762. The third-order valence-electron chi connectivity index (χ3n) is 3.13. The minimum Gasteiger partial charge on any atom is -0.467 e. The van der Waals surface area contributed by atoms with Crippen molar-refractivity contribution in [2.45, 2.75) is 46.7 Å². The van der Waals surface area contributed by atoms with Crippen LogP contribution in [0.4, 0.5) is 0 Å². The zero-order chi connectivity index (χ0) is 15.3. The first kappa shape index (κ1) is 16.2. The largest absolute Gasteiger partial charge is 0.467 e. The predicted octanol–water partition coefficient (Wildman–Crippen LogP) is 1.39. The van der Waals surface area contributed by atoms with Gasteiger partial charge in [0.1, 0.15) is 11.7 Å². The first-order valence-electron chi connectivity index (χ1n) is 6.89. The van der Waals surface area contributed by atoms with E-state index in [4.69, 9.17) is 4.74 Å². The number of hydrogen-bond donors (Lipinski definition) is 1. The average Bonchev–Trinajstić information content (AvgIpc) is 2.86. The Kier molecular flexibility index (Phi) is 5.73. The molecule has 0 saturated heterocycles. The van der Waals surface area contributed by atoms with Gasteiger partial charge in [0.15, 0.2) is 0 Å². The molecule has 0 radical (unpaired) electrons. The molecule has 1 aromatic rings. The normalized spacial score (nSPS) is 12.3. The molecule has 6 nitrogen and oxygen atoms in total. The molecule has 1 aromatic heterocycles. The van der Waals surface area contributed by atoms with Crippen LogP contribution in [0.5, 0.6) is 0 Å². The van der Waals surface area contributed by atoms with Crippen LogP contribution < -0.4 is 5.32 Å². The maximum absolute atomic E-state index is 12.3. The second-order valence-corrected chi connectivity index (χ2v) is 4.91. The van der Waals surface area contributed by atoms with Gasteiger partial charge in [-0.15, -0.1) is 0 Å². The lowest BCUT2D eigenvalue weighted by molar-refractivity contribution is -0.144. The Morgan fingerprint density at radius 2 is 2.05 bits per heavy atom. The van der Waals surface area contributed by atoms with Gasteiger partial charge in [-0.25, -0.2) is 4.79 Å². The van der Waals surface area contributed by atoms with Crippen LogP contribution in [0.2, 0.25) is 0 Å². The van der Waals surface area contributed by atoms with Crippen molar-refractivity contribution in [2.75, 3.05) is 7.11 Å². The number of aromatic nitrogens is 2. The van der Waals surface area contributed by atoms with Crippen LogP contribution in [0.25, 0.3) is 0 Å². The van der Waals surface area contributed by atoms with E-state index in [0.29, 0.717) is 12.2 Å². The zero-order valence-electron chi connectivity index (χ0n) is 12.8. The Morgan fingerprint density at radius 3 is 2.50 bits per heavy atom. The van der Waals surface area contributed by atoms with Gasteiger partial charge in [-0.3, -0.25) is 9.48 Å². The summed E-state index contributed by atoms with van der Waals surface area (Å²) in [4.78, 5) is 24.0. The molecule has 0 aliphatic carbocycles. The molecule has 1 atom stereocenters. The topological polar surface area (TPSA) is 73.2 Å². The average molecular weight is 281 g/mol. The number of methoxy groups -OCH3 is 1. The predicted molar refractivity (Wildman–Crippen MR) is 75.4 cm³/mol. The number of rotatable bonds is 6. The van der Waals surface area contributed by atoms with E-state index < -0.39 is 12.0 Å². The third-order valence-corrected chi connectivity index (χ3v) is 3.13. The van der Waals surface area contributed by atoms with Crippen LogP contribution >= 0.6 is 0 Å². The molecular weight excluding hydrogens is 258 g/mol. The van der Waals surface area contributed by atoms with Crippen molar-refractivity contribution < 1.29 is 14.3 Å². The highest BCUT2D eigenvalue weighted by Crippen LogP contribution is 2.09. The van der Waals surface area contributed by atoms with E-state index >= 15 is 0 Å². The fourth-order valence-electron chi connectivity index (χ4n) is 1.91. The number of hydrogen-bond acceptors (Lipinski definition) is 4. The van der Waals surface area contributed by atoms with Gasteiger partial charge in [0.25, 0.3) is 5.91 Å². The van der Waals surface area contributed by atoms with E-state index in [1.165, 1.54) is 7.11 Å². The highest BCUT2D eigenvalue weighted by atomic mass is 16.5. The lowest BCUT2D eigenvalue weighted by Crippen LogP contribution is -2.45. The SMILES string of the molecule is CCc1cc(C(=O)NC(C(=O)OC)C(C)C)n(CC)n1. The first-order chi connectivity index (χ1) is 9.44. The monoisotopic (exact) mass is 281 g/mol. The highest BCUT2D eigenvalue weighted by Gasteiger charge is 2.26. The molecule has 0 fully saturated rings. The lowest BCUT2D eigenvalue weighted by atomic mass is 10.0. The Morgan fingerprint density at radius 1 is 1.40 bits per heavy atom. The van der Waals surface area contributed by atoms with Crippen LogP contribution in [0.1, 0.15) is 43.9 Å². The van der Waals surface area contributed by atoms with Crippen LogP contribution in [-0.2, 0) is 22.5 Å². The Bertz CT molecular complexity index is 480. The number of carbonyl (C=O) groups is 2. The Labute approximate surface area is 119 Å². The zero-order valence-corrected chi connectivity index (χ0v) is 12.8. The number of aryl methyl sites for hydroxylation is 2. The smallest absolute Gasteiger partial charge is 0.328 e. The molecule has 1 amide bonds. The van der Waals surface area contributed by atoms with Crippen molar-refractivity contribution >= 4 is 11.9 Å². The maximum Gasteiger partial charge on any atom is 0.328 e. The molecule has 0 aromatic carbocycles. The second-order valence-electron chi connectivity index (χ2n) is 4.91. The molecule has 1 unspecified atom stereocenters. The number of ether oxygens (including phenoxy) is 1. The number of nitrogens with one attached hydrogen (secondary N) is 1. The summed E-state index contributed by atoms with van der Waals surface area (Å²) in [5.74, 6) is -0.787. The van der Waals surface area contributed by atoms with Gasteiger partial charge in [-0.2, -0.15) is 5.10 Å². The van der Waals surface area contributed by atoms with Crippen molar-refractivity contribution in [3.05, 3.63) is 17.5 Å². The minimum absolute atomic E-state index is 0.0463. The summed E-state index contributed by atoms with van der Waals surface area (Å²) in [7, 11) is 1.31. The fourth-order valence-corrected chi connectivity index (χ4v) is 1.91. The van der Waals surface area contributed by atoms with Gasteiger partial charge in [-0.1, -0.05) is 20.8 Å². The molecular formula is C14H23N3O3. The van der Waals surface area contributed by atoms with E-state index in [1.807, 2.05) is 27.7 Å². The second kappa shape index (κ2) is 7.07. The quantitative estimate of drug-likeness (QED) is 0.800. The summed E-state index contributed by atoms with van der Waals surface area (Å²) in [5.41, 5.74) is 1.33. The molecule has 0 saturated carbocycles. The van der Waals surface area contributed by atoms with Gasteiger partial charge >= 0.3 is 5.97 Å². The van der Waals surface area contributed by atoms with Crippen LogP contribution in [0, 0.1) is 5.92 Å². The number of nitrogens with zero attached hydrogens (tertiary/aromatic N) is 2. The van der Waals surface area contributed by atoms with E-state index in [2.05, 4.69) is 10.4 Å². The Balaban J connectivity index is 2.94. The summed E-state index contributed by atoms with van der Waals surface area (Å²) in [6, 6.07) is 1.10. The van der Waals surface area contributed by atoms with Crippen molar-refractivity contribution in [2.24, 2.45) is 5.92 Å². The lowest BCUT2D eigenvalue weighted by Gasteiger charge is -2.19. The maximum atomic E-state index is 12.3. The van der Waals surface area contributed by atoms with E-state index in [0.717, 1.165) is 12.1 Å². The van der Waals surface area contributed by atoms with Gasteiger partial charge in [0, 0.05) is 6.54 Å². The summed E-state index contributed by atoms with van der Waals surface area (Å²) in [6.45, 7) is 8.22. The molecule has 112 valence electrons. The molecule has 1 rings (SSSR count). The van der Waals surface area contributed by atoms with Crippen molar-refractivity contribution in [3.8, 4) is 0 Å². The van der Waals surface area contributed by atoms with Crippen LogP contribution in [-0.4, -0.2) is 34.8 Å². The molecule has 6 heteroatoms. The molecule has 0 aliphatic heterocycles. The van der Waals surface area contributed by atoms with Crippen molar-refractivity contribution in [3.63, 3.8) is 0 Å². The molecule has 20 heavy (non-hydrogen) atoms. The van der Waals surface area contributed by atoms with E-state index in [9.17, 15) is 9.59 Å². The van der Waals surface area contributed by atoms with E-state index in [-0.39, 0.29) is 11.8 Å². The Hall–Kier alpha value is -1.85. The minimum atomic E-state index is -0.655. The summed E-state index contributed by atoms with van der Waals surface area (Å²) >= 11 is 0. The fraction of sp³-hybridized carbons (Fsp3) is 0.643. The van der Waals surface area contributed by atoms with Gasteiger partial charge < -0.3 is 10.1 Å². The van der Waals surface area contributed by atoms with Crippen molar-refractivity contribution in [1.82, 2.24) is 15.1 Å². The van der Waals surface area contributed by atoms with Crippen molar-refractivity contribution in [1.29, 1.82) is 0 Å². The van der Waals surface area contributed by atoms with Gasteiger partial charge in [0.2, 0.25) is 0 Å². The van der Waals surface area contributed by atoms with Gasteiger partial charge in [0.05, 0.1) is 12.8 Å². The number of esters is 1. The molecule has 1 heterocycles. The van der Waals surface area contributed by atoms with Crippen LogP contribution in [0.3, 0.4) is 0 Å². The summed E-state index contributed by atoms with van der Waals surface area (Å²) in [5, 5.41) is 7.05. The highest BCUT2D eigenvalue weighted by molar-refractivity contribution is 5.95. The third kappa shape index (κ3) is 3.59. The summed E-state index contributed by atoms with van der Waals surface area (Å²) < 4.78 is 6.36. The number of amides is 1. The van der Waals surface area contributed by atoms with Gasteiger partial charge in [-0.05, 0) is 25.3 Å². The molecule has 1 N–H and O–H groups in total. The number of carbonyl (C=O) groups excluding carboxylic acids is 2. The first-order valence-corrected chi connectivity index (χ1v) is 6.89. The van der Waals surface area contributed by atoms with E-state index in [1.54, 1.807) is 10.7 Å².